The number of furan rings is 1. The van der Waals surface area contributed by atoms with Gasteiger partial charge in [-0.3, -0.25) is 4.79 Å². The molecule has 6 nitrogen and oxygen atoms in total. The quantitative estimate of drug-likeness (QED) is 0.902. The summed E-state index contributed by atoms with van der Waals surface area (Å²) in [6.07, 6.45) is -1.21. The van der Waals surface area contributed by atoms with Gasteiger partial charge in [-0.05, 0) is 12.5 Å². The SMILES string of the molecule is O=C(NCC(F)(F)F)N1CCCN(C(=O)c2ccoc2)CC1. The molecular formula is C13H16F3N3O3. The highest BCUT2D eigenvalue weighted by Gasteiger charge is 2.29. The average Bonchev–Trinajstić information content (AvgIpc) is 2.87. The zero-order valence-corrected chi connectivity index (χ0v) is 11.7. The second kappa shape index (κ2) is 6.71. The van der Waals surface area contributed by atoms with Crippen molar-refractivity contribution in [2.75, 3.05) is 32.7 Å². The Hall–Kier alpha value is -2.19. The third-order valence-electron chi connectivity index (χ3n) is 3.28. The highest BCUT2D eigenvalue weighted by molar-refractivity contribution is 5.93. The van der Waals surface area contributed by atoms with Gasteiger partial charge in [0, 0.05) is 26.2 Å². The van der Waals surface area contributed by atoms with Gasteiger partial charge in [0.2, 0.25) is 0 Å². The molecule has 0 atom stereocenters. The first-order chi connectivity index (χ1) is 10.4. The van der Waals surface area contributed by atoms with E-state index in [1.165, 1.54) is 17.4 Å². The van der Waals surface area contributed by atoms with Gasteiger partial charge < -0.3 is 19.5 Å². The summed E-state index contributed by atoms with van der Waals surface area (Å²) in [7, 11) is 0. The van der Waals surface area contributed by atoms with Gasteiger partial charge in [-0.1, -0.05) is 0 Å². The largest absolute Gasteiger partial charge is 0.472 e. The van der Waals surface area contributed by atoms with Crippen molar-refractivity contribution in [1.29, 1.82) is 0 Å². The molecule has 0 spiro atoms. The minimum atomic E-state index is -4.44. The molecule has 2 rings (SSSR count). The van der Waals surface area contributed by atoms with Crippen molar-refractivity contribution in [2.45, 2.75) is 12.6 Å². The average molecular weight is 319 g/mol. The van der Waals surface area contributed by atoms with E-state index in [4.69, 9.17) is 4.42 Å². The van der Waals surface area contributed by atoms with Gasteiger partial charge in [-0.25, -0.2) is 4.79 Å². The Morgan fingerprint density at radius 2 is 1.86 bits per heavy atom. The number of hydrogen-bond acceptors (Lipinski definition) is 3. The lowest BCUT2D eigenvalue weighted by atomic mass is 10.3. The predicted molar refractivity (Wildman–Crippen MR) is 70.3 cm³/mol. The summed E-state index contributed by atoms with van der Waals surface area (Å²) < 4.78 is 41.1. The molecule has 2 heterocycles. The molecule has 1 fully saturated rings. The van der Waals surface area contributed by atoms with Crippen LogP contribution in [0.4, 0.5) is 18.0 Å². The maximum absolute atomic E-state index is 12.1. The fourth-order valence-corrected chi connectivity index (χ4v) is 2.18. The first-order valence-electron chi connectivity index (χ1n) is 6.78. The molecule has 0 aromatic carbocycles. The highest BCUT2D eigenvalue weighted by atomic mass is 19.4. The van der Waals surface area contributed by atoms with E-state index in [1.807, 2.05) is 5.32 Å². The summed E-state index contributed by atoms with van der Waals surface area (Å²) >= 11 is 0. The highest BCUT2D eigenvalue weighted by Crippen LogP contribution is 2.13. The zero-order valence-electron chi connectivity index (χ0n) is 11.7. The Morgan fingerprint density at radius 1 is 1.18 bits per heavy atom. The second-order valence-electron chi connectivity index (χ2n) is 4.92. The van der Waals surface area contributed by atoms with Crippen LogP contribution in [0.5, 0.6) is 0 Å². The topological polar surface area (TPSA) is 65.8 Å². The molecule has 1 N–H and O–H groups in total. The lowest BCUT2D eigenvalue weighted by Crippen LogP contribution is -2.45. The minimum Gasteiger partial charge on any atom is -0.472 e. The first-order valence-corrected chi connectivity index (χ1v) is 6.78. The Bertz CT molecular complexity index is 516. The lowest BCUT2D eigenvalue weighted by molar-refractivity contribution is -0.123. The van der Waals surface area contributed by atoms with E-state index < -0.39 is 18.8 Å². The Kier molecular flexibility index (Phi) is 4.94. The summed E-state index contributed by atoms with van der Waals surface area (Å²) in [6.45, 7) is -0.164. The molecule has 1 aromatic rings. The molecule has 9 heteroatoms. The maximum Gasteiger partial charge on any atom is 0.405 e. The molecule has 0 unspecified atom stereocenters. The van der Waals surface area contributed by atoms with Gasteiger partial charge in [0.1, 0.15) is 12.8 Å². The molecule has 22 heavy (non-hydrogen) atoms. The van der Waals surface area contributed by atoms with Gasteiger partial charge in [0.25, 0.3) is 5.91 Å². The molecule has 0 bridgehead atoms. The van der Waals surface area contributed by atoms with Crippen molar-refractivity contribution in [3.05, 3.63) is 24.2 Å². The molecule has 0 radical (unpaired) electrons. The lowest BCUT2D eigenvalue weighted by Gasteiger charge is -2.22. The van der Waals surface area contributed by atoms with E-state index in [9.17, 15) is 22.8 Å². The number of halogens is 3. The molecule has 0 aliphatic carbocycles. The number of urea groups is 1. The summed E-state index contributed by atoms with van der Waals surface area (Å²) in [6, 6.07) is 0.774. The van der Waals surface area contributed by atoms with Crippen molar-refractivity contribution in [2.24, 2.45) is 0 Å². The van der Waals surface area contributed by atoms with Crippen LogP contribution < -0.4 is 5.32 Å². The molecule has 1 aliphatic rings. The summed E-state index contributed by atoms with van der Waals surface area (Å²) in [5.41, 5.74) is 0.412. The number of nitrogens with zero attached hydrogens (tertiary/aromatic N) is 2. The Labute approximate surface area is 124 Å². The van der Waals surface area contributed by atoms with E-state index in [-0.39, 0.29) is 19.0 Å². The number of alkyl halides is 3. The number of hydrogen-bond donors (Lipinski definition) is 1. The molecule has 1 aromatic heterocycles. The van der Waals surface area contributed by atoms with E-state index in [0.717, 1.165) is 0 Å². The Morgan fingerprint density at radius 3 is 2.50 bits per heavy atom. The van der Waals surface area contributed by atoms with Gasteiger partial charge in [0.05, 0.1) is 11.8 Å². The number of nitrogens with one attached hydrogen (secondary N) is 1. The third kappa shape index (κ3) is 4.40. The van der Waals surface area contributed by atoms with Crippen molar-refractivity contribution in [1.82, 2.24) is 15.1 Å². The summed E-state index contributed by atoms with van der Waals surface area (Å²) in [5.74, 6) is -0.216. The molecule has 0 saturated carbocycles. The van der Waals surface area contributed by atoms with E-state index >= 15 is 0 Å². The van der Waals surface area contributed by atoms with Gasteiger partial charge in [-0.15, -0.1) is 0 Å². The van der Waals surface area contributed by atoms with Crippen LogP contribution in [0.15, 0.2) is 23.0 Å². The monoisotopic (exact) mass is 319 g/mol. The van der Waals surface area contributed by atoms with E-state index in [0.29, 0.717) is 25.1 Å². The van der Waals surface area contributed by atoms with Crippen LogP contribution in [0.3, 0.4) is 0 Å². The predicted octanol–water partition coefficient (Wildman–Crippen LogP) is 1.70. The molecule has 1 saturated heterocycles. The van der Waals surface area contributed by atoms with Crippen LogP contribution in [-0.4, -0.2) is 60.6 Å². The number of amides is 3. The van der Waals surface area contributed by atoms with Crippen LogP contribution in [-0.2, 0) is 0 Å². The maximum atomic E-state index is 12.1. The number of carbonyl (C=O) groups is 2. The summed E-state index contributed by atoms with van der Waals surface area (Å²) in [4.78, 5) is 26.7. The molecular weight excluding hydrogens is 303 g/mol. The third-order valence-corrected chi connectivity index (χ3v) is 3.28. The van der Waals surface area contributed by atoms with Crippen molar-refractivity contribution in [3.63, 3.8) is 0 Å². The zero-order chi connectivity index (χ0) is 16.2. The molecule has 3 amide bonds. The van der Waals surface area contributed by atoms with Crippen LogP contribution in [0, 0.1) is 0 Å². The summed E-state index contributed by atoms with van der Waals surface area (Å²) in [5, 5.41) is 1.84. The van der Waals surface area contributed by atoms with Crippen molar-refractivity contribution in [3.8, 4) is 0 Å². The van der Waals surface area contributed by atoms with E-state index in [2.05, 4.69) is 0 Å². The second-order valence-corrected chi connectivity index (χ2v) is 4.92. The number of carbonyl (C=O) groups excluding carboxylic acids is 2. The van der Waals surface area contributed by atoms with Crippen molar-refractivity contribution >= 4 is 11.9 Å². The van der Waals surface area contributed by atoms with Crippen LogP contribution in [0.2, 0.25) is 0 Å². The standard InChI is InChI=1S/C13H16F3N3O3/c14-13(15,16)9-17-12(21)19-4-1-3-18(5-6-19)11(20)10-2-7-22-8-10/h2,7-8H,1,3-6,9H2,(H,17,21). The van der Waals surface area contributed by atoms with Crippen LogP contribution in [0.25, 0.3) is 0 Å². The van der Waals surface area contributed by atoms with Crippen molar-refractivity contribution < 1.29 is 27.2 Å². The first kappa shape index (κ1) is 16.2. The van der Waals surface area contributed by atoms with Crippen LogP contribution in [0.1, 0.15) is 16.8 Å². The molecule has 1 aliphatic heterocycles. The number of rotatable bonds is 2. The minimum absolute atomic E-state index is 0.188. The smallest absolute Gasteiger partial charge is 0.405 e. The van der Waals surface area contributed by atoms with Gasteiger partial charge in [0.15, 0.2) is 0 Å². The fraction of sp³-hybridized carbons (Fsp3) is 0.538. The molecule has 122 valence electrons. The van der Waals surface area contributed by atoms with Gasteiger partial charge >= 0.3 is 12.2 Å². The van der Waals surface area contributed by atoms with E-state index in [1.54, 1.807) is 11.0 Å². The Balaban J connectivity index is 1.87. The van der Waals surface area contributed by atoms with Gasteiger partial charge in [-0.2, -0.15) is 13.2 Å². The fourth-order valence-electron chi connectivity index (χ4n) is 2.18. The van der Waals surface area contributed by atoms with Crippen LogP contribution >= 0.6 is 0 Å². The normalized spacial score (nSPS) is 16.3.